The lowest BCUT2D eigenvalue weighted by atomic mass is 9.95. The van der Waals surface area contributed by atoms with Crippen LogP contribution in [0.2, 0.25) is 0 Å². The molecule has 5 nitrogen and oxygen atoms in total. The van der Waals surface area contributed by atoms with E-state index in [1.807, 2.05) is 34.6 Å². The molecule has 1 aromatic carbocycles. The standard InChI is InChI=1S/C19H32N2O3S/c1-7-8-9-11-20-18(22)10-12-21-25(23,24)19-16(5)14(3)13(2)15(4)17(19)6/h21H,7-12H2,1-6H3,(H,20,22). The van der Waals surface area contributed by atoms with Crippen molar-refractivity contribution in [3.05, 3.63) is 27.8 Å². The normalized spacial score (nSPS) is 11.6. The number of amides is 1. The van der Waals surface area contributed by atoms with Gasteiger partial charge < -0.3 is 5.32 Å². The van der Waals surface area contributed by atoms with Crippen molar-refractivity contribution >= 4 is 15.9 Å². The Labute approximate surface area is 152 Å². The van der Waals surface area contributed by atoms with Gasteiger partial charge in [0, 0.05) is 19.5 Å². The molecule has 0 radical (unpaired) electrons. The third-order valence-electron chi connectivity index (χ3n) is 4.95. The first kappa shape index (κ1) is 21.6. The molecular formula is C19H32N2O3S. The summed E-state index contributed by atoms with van der Waals surface area (Å²) in [5, 5.41) is 2.82. The number of benzene rings is 1. The second-order valence-corrected chi connectivity index (χ2v) is 8.36. The molecule has 0 aliphatic rings. The highest BCUT2D eigenvalue weighted by Gasteiger charge is 2.23. The number of hydrogen-bond donors (Lipinski definition) is 2. The molecule has 25 heavy (non-hydrogen) atoms. The summed E-state index contributed by atoms with van der Waals surface area (Å²) in [6.07, 6.45) is 3.28. The highest BCUT2D eigenvalue weighted by molar-refractivity contribution is 7.89. The maximum absolute atomic E-state index is 12.7. The van der Waals surface area contributed by atoms with Gasteiger partial charge in [0.25, 0.3) is 0 Å². The second kappa shape index (κ2) is 9.34. The summed E-state index contributed by atoms with van der Waals surface area (Å²) in [7, 11) is -3.64. The zero-order valence-electron chi connectivity index (χ0n) is 16.4. The van der Waals surface area contributed by atoms with Gasteiger partial charge in [0.1, 0.15) is 0 Å². The fourth-order valence-corrected chi connectivity index (χ4v) is 4.56. The average Bonchev–Trinajstić information content (AvgIpc) is 2.55. The summed E-state index contributed by atoms with van der Waals surface area (Å²) in [6, 6.07) is 0. The Morgan fingerprint density at radius 3 is 1.88 bits per heavy atom. The van der Waals surface area contributed by atoms with Gasteiger partial charge in [-0.3, -0.25) is 4.79 Å². The molecule has 0 spiro atoms. The topological polar surface area (TPSA) is 75.3 Å². The smallest absolute Gasteiger partial charge is 0.241 e. The monoisotopic (exact) mass is 368 g/mol. The molecule has 1 amide bonds. The van der Waals surface area contributed by atoms with E-state index in [-0.39, 0.29) is 18.9 Å². The largest absolute Gasteiger partial charge is 0.356 e. The van der Waals surface area contributed by atoms with Crippen LogP contribution >= 0.6 is 0 Å². The van der Waals surface area contributed by atoms with Crippen molar-refractivity contribution in [3.8, 4) is 0 Å². The number of nitrogens with one attached hydrogen (secondary N) is 2. The van der Waals surface area contributed by atoms with Crippen LogP contribution in [0.4, 0.5) is 0 Å². The van der Waals surface area contributed by atoms with E-state index in [2.05, 4.69) is 17.0 Å². The van der Waals surface area contributed by atoms with Gasteiger partial charge in [-0.2, -0.15) is 0 Å². The van der Waals surface area contributed by atoms with E-state index in [0.29, 0.717) is 11.4 Å². The van der Waals surface area contributed by atoms with Crippen molar-refractivity contribution in [1.29, 1.82) is 0 Å². The Hall–Kier alpha value is -1.40. The molecule has 0 aliphatic carbocycles. The van der Waals surface area contributed by atoms with Crippen LogP contribution in [0.1, 0.15) is 60.4 Å². The first-order valence-corrected chi connectivity index (χ1v) is 10.4. The third kappa shape index (κ3) is 5.54. The van der Waals surface area contributed by atoms with E-state index in [1.54, 1.807) is 0 Å². The van der Waals surface area contributed by atoms with Crippen molar-refractivity contribution in [3.63, 3.8) is 0 Å². The van der Waals surface area contributed by atoms with Gasteiger partial charge in [-0.25, -0.2) is 13.1 Å². The minimum atomic E-state index is -3.64. The predicted octanol–water partition coefficient (Wildman–Crippen LogP) is 3.20. The number of hydrogen-bond acceptors (Lipinski definition) is 3. The van der Waals surface area contributed by atoms with Crippen molar-refractivity contribution in [2.45, 2.75) is 72.1 Å². The van der Waals surface area contributed by atoms with E-state index in [0.717, 1.165) is 47.1 Å². The van der Waals surface area contributed by atoms with Crippen molar-refractivity contribution in [2.24, 2.45) is 0 Å². The Morgan fingerprint density at radius 2 is 1.36 bits per heavy atom. The molecule has 0 saturated heterocycles. The van der Waals surface area contributed by atoms with Crippen LogP contribution in [0.15, 0.2) is 4.90 Å². The van der Waals surface area contributed by atoms with Gasteiger partial charge in [0.2, 0.25) is 15.9 Å². The Bertz CT molecular complexity index is 696. The lowest BCUT2D eigenvalue weighted by Gasteiger charge is -2.19. The van der Waals surface area contributed by atoms with Crippen molar-refractivity contribution in [2.75, 3.05) is 13.1 Å². The minimum Gasteiger partial charge on any atom is -0.356 e. The average molecular weight is 369 g/mol. The fourth-order valence-electron chi connectivity index (χ4n) is 2.93. The molecule has 0 aliphatic heterocycles. The molecule has 1 rings (SSSR count). The SMILES string of the molecule is CCCCCNC(=O)CCNS(=O)(=O)c1c(C)c(C)c(C)c(C)c1C. The van der Waals surface area contributed by atoms with Crippen LogP contribution in [0.5, 0.6) is 0 Å². The van der Waals surface area contributed by atoms with Gasteiger partial charge in [0.05, 0.1) is 4.90 Å². The predicted molar refractivity (Wildman–Crippen MR) is 102 cm³/mol. The number of rotatable bonds is 9. The molecule has 0 heterocycles. The Balaban J connectivity index is 2.76. The van der Waals surface area contributed by atoms with Gasteiger partial charge in [-0.05, 0) is 68.9 Å². The van der Waals surface area contributed by atoms with E-state index in [9.17, 15) is 13.2 Å². The summed E-state index contributed by atoms with van der Waals surface area (Å²) < 4.78 is 28.0. The molecule has 142 valence electrons. The fraction of sp³-hybridized carbons (Fsp3) is 0.632. The summed E-state index contributed by atoms with van der Waals surface area (Å²) in [6.45, 7) is 12.4. The lowest BCUT2D eigenvalue weighted by Crippen LogP contribution is -2.32. The van der Waals surface area contributed by atoms with Gasteiger partial charge in [-0.1, -0.05) is 19.8 Å². The summed E-state index contributed by atoms with van der Waals surface area (Å²) in [4.78, 5) is 12.1. The van der Waals surface area contributed by atoms with Crippen LogP contribution in [0, 0.1) is 34.6 Å². The van der Waals surface area contributed by atoms with Crippen LogP contribution in [0.3, 0.4) is 0 Å². The zero-order chi connectivity index (χ0) is 19.2. The van der Waals surface area contributed by atoms with E-state index < -0.39 is 10.0 Å². The number of unbranched alkanes of at least 4 members (excludes halogenated alkanes) is 2. The summed E-state index contributed by atoms with van der Waals surface area (Å²) in [5.41, 5.74) is 4.67. The highest BCUT2D eigenvalue weighted by atomic mass is 32.2. The molecule has 0 saturated carbocycles. The molecule has 2 N–H and O–H groups in total. The number of sulfonamides is 1. The molecule has 0 aromatic heterocycles. The Morgan fingerprint density at radius 1 is 0.840 bits per heavy atom. The Kier molecular flexibility index (Phi) is 8.09. The van der Waals surface area contributed by atoms with E-state index in [4.69, 9.17) is 0 Å². The first-order valence-electron chi connectivity index (χ1n) is 8.96. The molecule has 0 unspecified atom stereocenters. The molecule has 1 aromatic rings. The van der Waals surface area contributed by atoms with Crippen LogP contribution < -0.4 is 10.0 Å². The molecule has 6 heteroatoms. The quantitative estimate of drug-likeness (QED) is 0.657. The summed E-state index contributed by atoms with van der Waals surface area (Å²) >= 11 is 0. The lowest BCUT2D eigenvalue weighted by molar-refractivity contribution is -0.120. The summed E-state index contributed by atoms with van der Waals surface area (Å²) in [5.74, 6) is -0.122. The molecule has 0 fully saturated rings. The number of carbonyl (C=O) groups is 1. The highest BCUT2D eigenvalue weighted by Crippen LogP contribution is 2.29. The van der Waals surface area contributed by atoms with Crippen LogP contribution in [0.25, 0.3) is 0 Å². The first-order chi connectivity index (χ1) is 11.6. The van der Waals surface area contributed by atoms with Gasteiger partial charge in [-0.15, -0.1) is 0 Å². The third-order valence-corrected chi connectivity index (χ3v) is 6.68. The number of carbonyl (C=O) groups excluding carboxylic acids is 1. The maximum Gasteiger partial charge on any atom is 0.241 e. The maximum atomic E-state index is 12.7. The van der Waals surface area contributed by atoms with E-state index in [1.165, 1.54) is 0 Å². The second-order valence-electron chi connectivity index (χ2n) is 6.66. The zero-order valence-corrected chi connectivity index (χ0v) is 17.2. The molecule has 0 atom stereocenters. The van der Waals surface area contributed by atoms with Gasteiger partial charge in [0.15, 0.2) is 0 Å². The molecular weight excluding hydrogens is 336 g/mol. The van der Waals surface area contributed by atoms with Gasteiger partial charge >= 0.3 is 0 Å². The van der Waals surface area contributed by atoms with Crippen LogP contribution in [-0.4, -0.2) is 27.4 Å². The van der Waals surface area contributed by atoms with E-state index >= 15 is 0 Å². The van der Waals surface area contributed by atoms with Crippen molar-refractivity contribution in [1.82, 2.24) is 10.0 Å². The molecule has 0 bridgehead atoms. The van der Waals surface area contributed by atoms with Crippen LogP contribution in [-0.2, 0) is 14.8 Å². The minimum absolute atomic E-state index is 0.104. The van der Waals surface area contributed by atoms with Crippen molar-refractivity contribution < 1.29 is 13.2 Å².